The van der Waals surface area contributed by atoms with Crippen LogP contribution in [0.25, 0.3) is 0 Å². The van der Waals surface area contributed by atoms with Crippen LogP contribution in [-0.4, -0.2) is 12.1 Å². The summed E-state index contributed by atoms with van der Waals surface area (Å²) in [4.78, 5) is 0. The van der Waals surface area contributed by atoms with Crippen LogP contribution in [-0.2, 0) is 0 Å². The highest BCUT2D eigenvalue weighted by molar-refractivity contribution is 6.30. The van der Waals surface area contributed by atoms with E-state index in [-0.39, 0.29) is 12.4 Å². The van der Waals surface area contributed by atoms with Gasteiger partial charge in [0, 0.05) is 5.56 Å². The molecule has 19 heavy (non-hydrogen) atoms. The van der Waals surface area contributed by atoms with Gasteiger partial charge in [0.05, 0.1) is 5.02 Å². The van der Waals surface area contributed by atoms with Crippen molar-refractivity contribution in [1.29, 1.82) is 0 Å². The predicted molar refractivity (Wildman–Crippen MR) is 56.5 cm³/mol. The van der Waals surface area contributed by atoms with Gasteiger partial charge in [-0.3, -0.25) is 0 Å². The van der Waals surface area contributed by atoms with Crippen molar-refractivity contribution < 1.29 is 30.7 Å². The molecule has 0 aliphatic heterocycles. The lowest BCUT2D eigenvalue weighted by molar-refractivity contribution is -0.291. The fourth-order valence-electron chi connectivity index (χ4n) is 1.19. The van der Waals surface area contributed by atoms with E-state index >= 15 is 0 Å². The van der Waals surface area contributed by atoms with Gasteiger partial charge in [0.25, 0.3) is 0 Å². The summed E-state index contributed by atoms with van der Waals surface area (Å²) in [5.41, 5.74) is 3.01. The molecule has 0 radical (unpaired) electrons. The minimum absolute atomic E-state index is 0. The van der Waals surface area contributed by atoms with Crippen LogP contribution in [0.15, 0.2) is 12.1 Å². The summed E-state index contributed by atoms with van der Waals surface area (Å²) in [5, 5.41) is -0.806. The highest BCUT2D eigenvalue weighted by Gasteiger charge is 2.62. The van der Waals surface area contributed by atoms with E-state index in [0.717, 1.165) is 0 Å². The molecule has 0 heterocycles. The molecule has 10 heteroatoms. The third-order valence-electron chi connectivity index (χ3n) is 2.16. The van der Waals surface area contributed by atoms with Crippen LogP contribution in [0.2, 0.25) is 5.02 Å². The lowest BCUT2D eigenvalue weighted by Crippen LogP contribution is -2.46. The molecular weight excluding hydrogens is 326 g/mol. The molecule has 1 aromatic carbocycles. The molecule has 1 aromatic rings. The van der Waals surface area contributed by atoms with Gasteiger partial charge in [-0.25, -0.2) is 8.78 Å². The molecule has 0 fully saturated rings. The Morgan fingerprint density at radius 1 is 1.05 bits per heavy atom. The lowest BCUT2D eigenvalue weighted by atomic mass is 10.00. The van der Waals surface area contributed by atoms with Crippen LogP contribution in [0.3, 0.4) is 0 Å². The van der Waals surface area contributed by atoms with Crippen LogP contribution >= 0.6 is 24.0 Å². The van der Waals surface area contributed by atoms with Crippen molar-refractivity contribution in [3.05, 3.63) is 34.4 Å². The minimum atomic E-state index is -6.03. The second kappa shape index (κ2) is 5.72. The molecule has 0 amide bonds. The molecule has 0 unspecified atom stereocenters. The normalized spacial score (nSPS) is 13.9. The topological polar surface area (TPSA) is 26.0 Å². The van der Waals surface area contributed by atoms with Crippen molar-refractivity contribution in [3.63, 3.8) is 0 Å². The van der Waals surface area contributed by atoms with Gasteiger partial charge in [0.1, 0.15) is 17.7 Å². The van der Waals surface area contributed by atoms with Gasteiger partial charge in [-0.2, -0.15) is 22.0 Å². The van der Waals surface area contributed by atoms with E-state index < -0.39 is 40.4 Å². The standard InChI is InChI=1S/C9H5ClF7N.ClH/c10-3-1-2-4(11)5(6(3)12)7(18)8(13,14)9(15,16)17;/h1-2,7H,18H2;1H/t7-;/m0./s1. The number of hydrogen-bond acceptors (Lipinski definition) is 1. The largest absolute Gasteiger partial charge is 0.455 e. The molecule has 0 aromatic heterocycles. The molecule has 1 rings (SSSR count). The first-order valence-electron chi connectivity index (χ1n) is 4.33. The van der Waals surface area contributed by atoms with E-state index in [2.05, 4.69) is 5.73 Å². The third kappa shape index (κ3) is 3.24. The molecule has 0 spiro atoms. The van der Waals surface area contributed by atoms with E-state index in [9.17, 15) is 30.7 Å². The maximum atomic E-state index is 13.3. The average molecular weight is 332 g/mol. The molecule has 0 saturated heterocycles. The van der Waals surface area contributed by atoms with Gasteiger partial charge in [-0.05, 0) is 12.1 Å². The molecule has 2 N–H and O–H groups in total. The van der Waals surface area contributed by atoms with E-state index in [1.54, 1.807) is 0 Å². The monoisotopic (exact) mass is 331 g/mol. The third-order valence-corrected chi connectivity index (χ3v) is 2.45. The fourth-order valence-corrected chi connectivity index (χ4v) is 1.35. The van der Waals surface area contributed by atoms with Crippen molar-refractivity contribution in [2.75, 3.05) is 0 Å². The van der Waals surface area contributed by atoms with Crippen molar-refractivity contribution in [3.8, 4) is 0 Å². The van der Waals surface area contributed by atoms with Crippen molar-refractivity contribution in [2.24, 2.45) is 5.73 Å². The number of nitrogens with two attached hydrogens (primary N) is 1. The number of hydrogen-bond donors (Lipinski definition) is 1. The first-order valence-corrected chi connectivity index (χ1v) is 4.71. The Hall–Kier alpha value is -0.730. The summed E-state index contributed by atoms with van der Waals surface area (Å²) in [7, 11) is 0. The second-order valence-electron chi connectivity index (χ2n) is 3.36. The number of alkyl halides is 5. The quantitative estimate of drug-likeness (QED) is 0.636. The van der Waals surface area contributed by atoms with Gasteiger partial charge >= 0.3 is 12.1 Å². The maximum Gasteiger partial charge on any atom is 0.455 e. The van der Waals surface area contributed by atoms with E-state index in [1.165, 1.54) is 0 Å². The van der Waals surface area contributed by atoms with E-state index in [1.807, 2.05) is 0 Å². The summed E-state index contributed by atoms with van der Waals surface area (Å²) >= 11 is 5.17. The van der Waals surface area contributed by atoms with Crippen LogP contribution in [0.1, 0.15) is 11.6 Å². The molecular formula is C9H6Cl2F7N. The van der Waals surface area contributed by atoms with Crippen LogP contribution in [0.4, 0.5) is 30.7 Å². The molecule has 0 bridgehead atoms. The Labute approximate surface area is 113 Å². The number of benzene rings is 1. The number of rotatable bonds is 2. The Kier molecular flexibility index (Phi) is 5.50. The Morgan fingerprint density at radius 3 is 1.95 bits per heavy atom. The predicted octanol–water partition coefficient (Wildman–Crippen LogP) is 4.24. The highest BCUT2D eigenvalue weighted by Crippen LogP contribution is 2.44. The smallest absolute Gasteiger partial charge is 0.319 e. The first-order chi connectivity index (χ1) is 8.00. The molecule has 0 saturated carbocycles. The van der Waals surface area contributed by atoms with Crippen molar-refractivity contribution >= 4 is 24.0 Å². The van der Waals surface area contributed by atoms with Crippen molar-refractivity contribution in [1.82, 2.24) is 0 Å². The Morgan fingerprint density at radius 2 is 1.53 bits per heavy atom. The minimum Gasteiger partial charge on any atom is -0.319 e. The SMILES string of the molecule is Cl.N[C@@H](c1c(F)ccc(Cl)c1F)C(F)(F)C(F)(F)F. The second-order valence-corrected chi connectivity index (χ2v) is 3.76. The zero-order valence-electron chi connectivity index (χ0n) is 8.74. The van der Waals surface area contributed by atoms with Crippen LogP contribution in [0.5, 0.6) is 0 Å². The van der Waals surface area contributed by atoms with E-state index in [0.29, 0.717) is 12.1 Å². The van der Waals surface area contributed by atoms with Crippen molar-refractivity contribution in [2.45, 2.75) is 18.1 Å². The Bertz CT molecular complexity index is 461. The summed E-state index contributed by atoms with van der Waals surface area (Å²) in [5.74, 6) is -8.86. The average Bonchev–Trinajstić information content (AvgIpc) is 2.22. The summed E-state index contributed by atoms with van der Waals surface area (Å²) in [6.45, 7) is 0. The maximum absolute atomic E-state index is 13.3. The van der Waals surface area contributed by atoms with Gasteiger partial charge < -0.3 is 5.73 Å². The molecule has 0 aliphatic rings. The van der Waals surface area contributed by atoms with Gasteiger partial charge in [-0.15, -0.1) is 12.4 Å². The van der Waals surface area contributed by atoms with Gasteiger partial charge in [0.2, 0.25) is 0 Å². The first kappa shape index (κ1) is 18.3. The summed E-state index contributed by atoms with van der Waals surface area (Å²) < 4.78 is 88.2. The molecule has 110 valence electrons. The molecule has 1 nitrogen and oxygen atoms in total. The number of halogens is 9. The lowest BCUT2D eigenvalue weighted by Gasteiger charge is -2.26. The van der Waals surface area contributed by atoms with Gasteiger partial charge in [-0.1, -0.05) is 11.6 Å². The highest BCUT2D eigenvalue weighted by atomic mass is 35.5. The van der Waals surface area contributed by atoms with Crippen LogP contribution in [0, 0.1) is 11.6 Å². The Balaban J connectivity index is 0.00000324. The summed E-state index contributed by atoms with van der Waals surface area (Å²) in [6.07, 6.45) is -6.03. The molecule has 1 atom stereocenters. The fraction of sp³-hybridized carbons (Fsp3) is 0.333. The summed E-state index contributed by atoms with van der Waals surface area (Å²) in [6, 6.07) is -2.10. The van der Waals surface area contributed by atoms with Crippen LogP contribution < -0.4 is 5.73 Å². The molecule has 0 aliphatic carbocycles. The van der Waals surface area contributed by atoms with E-state index in [4.69, 9.17) is 11.6 Å². The zero-order valence-corrected chi connectivity index (χ0v) is 10.3. The van der Waals surface area contributed by atoms with Gasteiger partial charge in [0.15, 0.2) is 0 Å². The zero-order chi connectivity index (χ0) is 14.3.